The predicted molar refractivity (Wildman–Crippen MR) is 103 cm³/mol. The van der Waals surface area contributed by atoms with Crippen molar-refractivity contribution < 1.29 is 0 Å². The summed E-state index contributed by atoms with van der Waals surface area (Å²) in [4.78, 5) is 7.03. The van der Waals surface area contributed by atoms with E-state index >= 15 is 0 Å². The van der Waals surface area contributed by atoms with Crippen molar-refractivity contribution in [2.45, 2.75) is 65.1 Å². The van der Waals surface area contributed by atoms with E-state index in [1.165, 1.54) is 36.8 Å². The largest absolute Gasteiger partial charge is 0.357 e. The molecule has 1 N–H and O–H groups in total. The Morgan fingerprint density at radius 2 is 1.88 bits per heavy atom. The van der Waals surface area contributed by atoms with Gasteiger partial charge >= 0.3 is 0 Å². The number of nitrogens with zero attached hydrogens (tertiary/aromatic N) is 4. The molecular formula is C20H31N5. The fraction of sp³-hybridized carbons (Fsp3) is 0.600. The smallest absolute Gasteiger partial charge is 0.128 e. The Balaban J connectivity index is 1.59. The molecule has 1 aliphatic heterocycles. The number of nitrogens with one attached hydrogen (secondary N) is 1. The molecule has 1 saturated heterocycles. The lowest BCUT2D eigenvalue weighted by atomic mass is 10.1. The van der Waals surface area contributed by atoms with Crippen molar-refractivity contribution in [2.75, 3.05) is 18.0 Å². The van der Waals surface area contributed by atoms with Gasteiger partial charge in [-0.05, 0) is 51.3 Å². The monoisotopic (exact) mass is 341 g/mol. The van der Waals surface area contributed by atoms with E-state index in [0.717, 1.165) is 25.5 Å². The van der Waals surface area contributed by atoms with Gasteiger partial charge in [0.2, 0.25) is 0 Å². The molecule has 136 valence electrons. The summed E-state index contributed by atoms with van der Waals surface area (Å²) in [5.41, 5.74) is 2.52. The number of pyridine rings is 1. The minimum Gasteiger partial charge on any atom is -0.357 e. The second-order valence-corrected chi connectivity index (χ2v) is 7.37. The maximum absolute atomic E-state index is 4.60. The third-order valence-corrected chi connectivity index (χ3v) is 5.00. The molecule has 0 spiro atoms. The fourth-order valence-corrected chi connectivity index (χ4v) is 3.29. The van der Waals surface area contributed by atoms with E-state index in [2.05, 4.69) is 59.4 Å². The van der Waals surface area contributed by atoms with Crippen LogP contribution in [0, 0.1) is 0 Å². The Hall–Kier alpha value is -1.88. The average Bonchev–Trinajstić information content (AvgIpc) is 2.96. The van der Waals surface area contributed by atoms with Crippen LogP contribution in [0.4, 0.5) is 5.82 Å². The van der Waals surface area contributed by atoms with Gasteiger partial charge in [-0.3, -0.25) is 4.68 Å². The molecule has 1 unspecified atom stereocenters. The molecule has 3 heterocycles. The molecule has 0 radical (unpaired) electrons. The van der Waals surface area contributed by atoms with E-state index in [4.69, 9.17) is 0 Å². The van der Waals surface area contributed by atoms with Gasteiger partial charge in [0.15, 0.2) is 0 Å². The molecule has 1 aliphatic rings. The van der Waals surface area contributed by atoms with Gasteiger partial charge < -0.3 is 10.2 Å². The number of anilines is 1. The van der Waals surface area contributed by atoms with Crippen molar-refractivity contribution in [2.24, 2.45) is 0 Å². The zero-order chi connectivity index (χ0) is 17.6. The summed E-state index contributed by atoms with van der Waals surface area (Å²) in [5, 5.41) is 8.05. The fourth-order valence-electron chi connectivity index (χ4n) is 3.29. The predicted octanol–water partition coefficient (Wildman–Crippen LogP) is 4.09. The summed E-state index contributed by atoms with van der Waals surface area (Å²) in [6, 6.07) is 5.03. The molecule has 0 aromatic carbocycles. The first-order valence-corrected chi connectivity index (χ1v) is 9.61. The summed E-state index contributed by atoms with van der Waals surface area (Å²) in [6.45, 7) is 9.60. The van der Waals surface area contributed by atoms with Crippen molar-refractivity contribution in [3.63, 3.8) is 0 Å². The van der Waals surface area contributed by atoms with Gasteiger partial charge in [0.1, 0.15) is 5.82 Å². The number of aromatic nitrogens is 3. The Labute approximate surface area is 151 Å². The van der Waals surface area contributed by atoms with Crippen LogP contribution in [0.2, 0.25) is 0 Å². The van der Waals surface area contributed by atoms with Crippen molar-refractivity contribution in [3.05, 3.63) is 41.9 Å². The molecule has 1 fully saturated rings. The molecule has 0 bridgehead atoms. The summed E-state index contributed by atoms with van der Waals surface area (Å²) in [5.74, 6) is 1.13. The molecule has 0 saturated carbocycles. The van der Waals surface area contributed by atoms with Crippen LogP contribution in [0.1, 0.15) is 69.7 Å². The molecule has 2 aromatic heterocycles. The number of hydrogen-bond donors (Lipinski definition) is 1. The van der Waals surface area contributed by atoms with Gasteiger partial charge in [-0.1, -0.05) is 12.8 Å². The van der Waals surface area contributed by atoms with E-state index in [0.29, 0.717) is 6.04 Å². The van der Waals surface area contributed by atoms with Gasteiger partial charge in [-0.2, -0.15) is 5.10 Å². The van der Waals surface area contributed by atoms with E-state index < -0.39 is 0 Å². The summed E-state index contributed by atoms with van der Waals surface area (Å²) < 4.78 is 2.01. The highest BCUT2D eigenvalue weighted by Gasteiger charge is 2.12. The Kier molecular flexibility index (Phi) is 6.08. The van der Waals surface area contributed by atoms with Crippen LogP contribution < -0.4 is 10.2 Å². The lowest BCUT2D eigenvalue weighted by molar-refractivity contribution is 0.528. The van der Waals surface area contributed by atoms with Gasteiger partial charge in [-0.25, -0.2) is 4.98 Å². The van der Waals surface area contributed by atoms with Crippen LogP contribution in [0.15, 0.2) is 30.7 Å². The van der Waals surface area contributed by atoms with Crippen LogP contribution >= 0.6 is 0 Å². The van der Waals surface area contributed by atoms with Crippen LogP contribution in [0.3, 0.4) is 0 Å². The molecule has 25 heavy (non-hydrogen) atoms. The van der Waals surface area contributed by atoms with Crippen molar-refractivity contribution in [3.8, 4) is 0 Å². The van der Waals surface area contributed by atoms with Crippen molar-refractivity contribution in [1.29, 1.82) is 0 Å². The van der Waals surface area contributed by atoms with Crippen LogP contribution in [0.25, 0.3) is 0 Å². The Bertz CT molecular complexity index is 656. The standard InChI is InChI=1S/C20H31N5/c1-16(2)25-15-19(14-23-25)17(3)22-13-18-8-9-21-20(12-18)24-10-6-4-5-7-11-24/h8-9,12,14-17,22H,4-7,10-11,13H2,1-3H3. The van der Waals surface area contributed by atoms with E-state index in [1.807, 2.05) is 17.1 Å². The molecular weight excluding hydrogens is 310 g/mol. The normalized spacial score (nSPS) is 16.9. The van der Waals surface area contributed by atoms with Gasteiger partial charge in [0.05, 0.1) is 6.20 Å². The lowest BCUT2D eigenvalue weighted by Crippen LogP contribution is -2.25. The topological polar surface area (TPSA) is 46.0 Å². The number of rotatable bonds is 6. The zero-order valence-electron chi connectivity index (χ0n) is 15.8. The molecule has 5 nitrogen and oxygen atoms in total. The van der Waals surface area contributed by atoms with Crippen LogP contribution in [0.5, 0.6) is 0 Å². The van der Waals surface area contributed by atoms with E-state index in [9.17, 15) is 0 Å². The Morgan fingerprint density at radius 3 is 2.56 bits per heavy atom. The third kappa shape index (κ3) is 4.82. The van der Waals surface area contributed by atoms with Crippen molar-refractivity contribution in [1.82, 2.24) is 20.1 Å². The second-order valence-electron chi connectivity index (χ2n) is 7.37. The quantitative estimate of drug-likeness (QED) is 0.859. The average molecular weight is 342 g/mol. The SMILES string of the molecule is CC(NCc1ccnc(N2CCCCCC2)c1)c1cnn(C(C)C)c1. The molecule has 1 atom stereocenters. The zero-order valence-corrected chi connectivity index (χ0v) is 15.8. The first-order chi connectivity index (χ1) is 12.1. The first kappa shape index (κ1) is 17.9. The molecule has 0 amide bonds. The minimum absolute atomic E-state index is 0.280. The van der Waals surface area contributed by atoms with Crippen LogP contribution in [-0.4, -0.2) is 27.9 Å². The minimum atomic E-state index is 0.280. The maximum Gasteiger partial charge on any atom is 0.128 e. The van der Waals surface area contributed by atoms with Crippen molar-refractivity contribution >= 4 is 5.82 Å². The summed E-state index contributed by atoms with van der Waals surface area (Å²) in [7, 11) is 0. The highest BCUT2D eigenvalue weighted by Crippen LogP contribution is 2.19. The van der Waals surface area contributed by atoms with Gasteiger partial charge in [0, 0.05) is 49.7 Å². The first-order valence-electron chi connectivity index (χ1n) is 9.61. The highest BCUT2D eigenvalue weighted by molar-refractivity contribution is 5.41. The molecule has 3 rings (SSSR count). The molecule has 0 aliphatic carbocycles. The lowest BCUT2D eigenvalue weighted by Gasteiger charge is -2.22. The van der Waals surface area contributed by atoms with Gasteiger partial charge in [-0.15, -0.1) is 0 Å². The van der Waals surface area contributed by atoms with Gasteiger partial charge in [0.25, 0.3) is 0 Å². The highest BCUT2D eigenvalue weighted by atomic mass is 15.3. The summed E-state index contributed by atoms with van der Waals surface area (Å²) >= 11 is 0. The molecule has 2 aromatic rings. The maximum atomic E-state index is 4.60. The van der Waals surface area contributed by atoms with E-state index in [-0.39, 0.29) is 6.04 Å². The summed E-state index contributed by atoms with van der Waals surface area (Å²) in [6.07, 6.45) is 11.3. The van der Waals surface area contributed by atoms with Crippen LogP contribution in [-0.2, 0) is 6.54 Å². The third-order valence-electron chi connectivity index (χ3n) is 5.00. The molecule has 5 heteroatoms. The second kappa shape index (κ2) is 8.48. The van der Waals surface area contributed by atoms with E-state index in [1.54, 1.807) is 0 Å². The Morgan fingerprint density at radius 1 is 1.12 bits per heavy atom. The number of hydrogen-bond acceptors (Lipinski definition) is 4.